The van der Waals surface area contributed by atoms with Crippen molar-refractivity contribution in [3.05, 3.63) is 23.2 Å². The molecule has 0 spiro atoms. The minimum absolute atomic E-state index is 0.153. The number of carbonyl (C=O) groups is 1. The van der Waals surface area contributed by atoms with E-state index in [2.05, 4.69) is 5.32 Å². The fourth-order valence-electron chi connectivity index (χ4n) is 1.57. The third-order valence-electron chi connectivity index (χ3n) is 2.80. The lowest BCUT2D eigenvalue weighted by molar-refractivity contribution is 0.212. The van der Waals surface area contributed by atoms with E-state index in [1.165, 1.54) is 7.11 Å². The van der Waals surface area contributed by atoms with Crippen molar-refractivity contribution in [2.24, 2.45) is 0 Å². The van der Waals surface area contributed by atoms with Gasteiger partial charge in [0.15, 0.2) is 5.75 Å². The second kappa shape index (κ2) is 7.50. The van der Waals surface area contributed by atoms with Crippen LogP contribution < -0.4 is 10.1 Å². The number of nitrogens with zero attached hydrogens (tertiary/aromatic N) is 1. The molecule has 1 aromatic rings. The van der Waals surface area contributed by atoms with Gasteiger partial charge in [0.1, 0.15) is 0 Å². The third-order valence-corrected chi connectivity index (χ3v) is 3.92. The largest absolute Gasteiger partial charge is 0.493 e. The summed E-state index contributed by atoms with van der Waals surface area (Å²) in [6.07, 6.45) is 2.02. The van der Waals surface area contributed by atoms with Crippen LogP contribution in [0.2, 0.25) is 5.02 Å². The highest BCUT2D eigenvalue weighted by Crippen LogP contribution is 2.32. The molecular weight excluding hydrogens is 284 g/mol. The van der Waals surface area contributed by atoms with Gasteiger partial charge >= 0.3 is 6.03 Å². The third kappa shape index (κ3) is 4.21. The van der Waals surface area contributed by atoms with Gasteiger partial charge in [0, 0.05) is 18.8 Å². The molecule has 0 aliphatic heterocycles. The van der Waals surface area contributed by atoms with Crippen LogP contribution >= 0.6 is 23.4 Å². The van der Waals surface area contributed by atoms with Crippen LogP contribution in [0.15, 0.2) is 18.2 Å². The molecule has 4 nitrogen and oxygen atoms in total. The highest BCUT2D eigenvalue weighted by molar-refractivity contribution is 7.98. The van der Waals surface area contributed by atoms with Gasteiger partial charge in [-0.15, -0.1) is 0 Å². The molecule has 19 heavy (non-hydrogen) atoms. The molecule has 1 rings (SSSR count). The van der Waals surface area contributed by atoms with Crippen LogP contribution in [0.1, 0.15) is 6.92 Å². The van der Waals surface area contributed by atoms with Crippen LogP contribution in [-0.2, 0) is 0 Å². The Morgan fingerprint density at radius 3 is 2.84 bits per heavy atom. The maximum atomic E-state index is 12.1. The summed E-state index contributed by atoms with van der Waals surface area (Å²) in [5.74, 6) is 1.36. The monoisotopic (exact) mass is 302 g/mol. The van der Waals surface area contributed by atoms with Gasteiger partial charge in [-0.25, -0.2) is 4.79 Å². The number of benzene rings is 1. The van der Waals surface area contributed by atoms with Crippen LogP contribution in [0.3, 0.4) is 0 Å². The summed E-state index contributed by atoms with van der Waals surface area (Å²) in [5, 5.41) is 3.28. The summed E-state index contributed by atoms with van der Waals surface area (Å²) < 4.78 is 5.20. The Labute approximate surface area is 123 Å². The van der Waals surface area contributed by atoms with Crippen molar-refractivity contribution in [1.82, 2.24) is 4.90 Å². The molecule has 0 aromatic heterocycles. The zero-order valence-electron chi connectivity index (χ0n) is 11.6. The smallest absolute Gasteiger partial charge is 0.321 e. The molecule has 2 amide bonds. The average molecular weight is 303 g/mol. The fourth-order valence-corrected chi connectivity index (χ4v) is 2.53. The van der Waals surface area contributed by atoms with Crippen molar-refractivity contribution < 1.29 is 9.53 Å². The second-order valence-corrected chi connectivity index (χ2v) is 5.48. The lowest BCUT2D eigenvalue weighted by Crippen LogP contribution is -2.39. The SMILES string of the molecule is COc1c(Cl)cccc1NC(=O)N(C)C(C)CSC. The Bertz CT molecular complexity index is 443. The van der Waals surface area contributed by atoms with Gasteiger partial charge in [-0.05, 0) is 25.3 Å². The van der Waals surface area contributed by atoms with Crippen LogP contribution in [0.25, 0.3) is 0 Å². The molecule has 1 unspecified atom stereocenters. The summed E-state index contributed by atoms with van der Waals surface area (Å²) in [7, 11) is 3.30. The number of carbonyl (C=O) groups excluding carboxylic acids is 1. The van der Waals surface area contributed by atoms with Gasteiger partial charge in [-0.2, -0.15) is 11.8 Å². The Hall–Kier alpha value is -1.07. The maximum absolute atomic E-state index is 12.1. The van der Waals surface area contributed by atoms with Crippen LogP contribution in [0.5, 0.6) is 5.75 Å². The van der Waals surface area contributed by atoms with Gasteiger partial charge in [0.05, 0.1) is 17.8 Å². The van der Waals surface area contributed by atoms with Gasteiger partial charge in [-0.1, -0.05) is 17.7 Å². The molecule has 0 bridgehead atoms. The number of urea groups is 1. The summed E-state index contributed by atoms with van der Waals surface area (Å²) in [6.45, 7) is 2.01. The predicted octanol–water partition coefficient (Wildman–Crippen LogP) is 3.56. The highest BCUT2D eigenvalue weighted by Gasteiger charge is 2.17. The molecule has 1 atom stereocenters. The number of rotatable bonds is 5. The van der Waals surface area contributed by atoms with Crippen molar-refractivity contribution in [3.8, 4) is 5.75 Å². The minimum atomic E-state index is -0.179. The van der Waals surface area contributed by atoms with Crippen molar-refractivity contribution in [2.75, 3.05) is 31.5 Å². The molecule has 0 aliphatic carbocycles. The van der Waals surface area contributed by atoms with E-state index in [0.29, 0.717) is 16.5 Å². The van der Waals surface area contributed by atoms with E-state index in [1.807, 2.05) is 13.2 Å². The molecule has 1 N–H and O–H groups in total. The van der Waals surface area contributed by atoms with E-state index < -0.39 is 0 Å². The van der Waals surface area contributed by atoms with E-state index >= 15 is 0 Å². The Morgan fingerprint density at radius 1 is 1.58 bits per heavy atom. The topological polar surface area (TPSA) is 41.6 Å². The number of amides is 2. The summed E-state index contributed by atoms with van der Waals surface area (Å²) in [5.41, 5.74) is 0.572. The fraction of sp³-hybridized carbons (Fsp3) is 0.462. The number of thioether (sulfide) groups is 1. The number of ether oxygens (including phenoxy) is 1. The molecule has 0 saturated carbocycles. The van der Waals surface area contributed by atoms with Crippen LogP contribution in [-0.4, -0.2) is 43.1 Å². The van der Waals surface area contributed by atoms with Gasteiger partial charge in [-0.3, -0.25) is 0 Å². The first kappa shape index (κ1) is 16.0. The summed E-state index contributed by atoms with van der Waals surface area (Å²) >= 11 is 7.72. The number of halogens is 1. The number of para-hydroxylation sites is 1. The molecule has 0 saturated heterocycles. The second-order valence-electron chi connectivity index (χ2n) is 4.17. The maximum Gasteiger partial charge on any atom is 0.321 e. The molecular formula is C13H19ClN2O2S. The highest BCUT2D eigenvalue weighted by atomic mass is 35.5. The lowest BCUT2D eigenvalue weighted by atomic mass is 10.3. The summed E-state index contributed by atoms with van der Waals surface area (Å²) in [6, 6.07) is 5.22. The van der Waals surface area contributed by atoms with E-state index in [9.17, 15) is 4.79 Å². The van der Waals surface area contributed by atoms with Crippen molar-refractivity contribution in [2.45, 2.75) is 13.0 Å². The predicted molar refractivity (Wildman–Crippen MR) is 82.6 cm³/mol. The standard InChI is InChI=1S/C13H19ClN2O2S/c1-9(8-19-4)16(2)13(17)15-11-7-5-6-10(14)12(11)18-3/h5-7,9H,8H2,1-4H3,(H,15,17). The van der Waals surface area contributed by atoms with Crippen molar-refractivity contribution in [3.63, 3.8) is 0 Å². The number of methoxy groups -OCH3 is 1. The van der Waals surface area contributed by atoms with Crippen LogP contribution in [0, 0.1) is 0 Å². The first-order chi connectivity index (χ1) is 9.01. The number of nitrogens with one attached hydrogen (secondary N) is 1. The molecule has 0 fully saturated rings. The zero-order valence-corrected chi connectivity index (χ0v) is 13.1. The Kier molecular flexibility index (Phi) is 6.31. The minimum Gasteiger partial charge on any atom is -0.493 e. The first-order valence-electron chi connectivity index (χ1n) is 5.86. The molecule has 106 valence electrons. The van der Waals surface area contributed by atoms with Gasteiger partial charge in [0.2, 0.25) is 0 Å². The molecule has 0 radical (unpaired) electrons. The van der Waals surface area contributed by atoms with E-state index in [-0.39, 0.29) is 12.1 Å². The Balaban J connectivity index is 2.79. The quantitative estimate of drug-likeness (QED) is 0.904. The zero-order chi connectivity index (χ0) is 14.4. The van der Waals surface area contributed by atoms with Crippen LogP contribution in [0.4, 0.5) is 10.5 Å². The number of hydrogen-bond acceptors (Lipinski definition) is 3. The van der Waals surface area contributed by atoms with E-state index in [0.717, 1.165) is 5.75 Å². The van der Waals surface area contributed by atoms with Crippen molar-refractivity contribution >= 4 is 35.1 Å². The van der Waals surface area contributed by atoms with Gasteiger partial charge in [0.25, 0.3) is 0 Å². The first-order valence-corrected chi connectivity index (χ1v) is 7.63. The molecule has 0 aliphatic rings. The van der Waals surface area contributed by atoms with Gasteiger partial charge < -0.3 is 15.0 Å². The lowest BCUT2D eigenvalue weighted by Gasteiger charge is -2.25. The Morgan fingerprint density at radius 2 is 2.26 bits per heavy atom. The molecule has 0 heterocycles. The van der Waals surface area contributed by atoms with E-state index in [4.69, 9.17) is 16.3 Å². The molecule has 6 heteroatoms. The number of anilines is 1. The molecule has 1 aromatic carbocycles. The average Bonchev–Trinajstić information content (AvgIpc) is 2.38. The van der Waals surface area contributed by atoms with Crippen molar-refractivity contribution in [1.29, 1.82) is 0 Å². The normalized spacial score (nSPS) is 11.8. The number of hydrogen-bond donors (Lipinski definition) is 1. The van der Waals surface area contributed by atoms with E-state index in [1.54, 1.807) is 41.9 Å². The summed E-state index contributed by atoms with van der Waals surface area (Å²) in [4.78, 5) is 13.8.